The molecule has 3 saturated carbocycles. The third-order valence-electron chi connectivity index (χ3n) is 9.57. The van der Waals surface area contributed by atoms with E-state index in [0.717, 1.165) is 30.6 Å². The van der Waals surface area contributed by atoms with Crippen molar-refractivity contribution in [2.75, 3.05) is 0 Å². The number of fused-ring (bicyclic) bond motifs is 3. The molecule has 0 saturated heterocycles. The molecule has 0 amide bonds. The molecule has 0 unspecified atom stereocenters. The molecule has 3 fully saturated rings. The highest BCUT2D eigenvalue weighted by atomic mass is 16.3. The molecule has 3 aliphatic carbocycles. The van der Waals surface area contributed by atoms with E-state index in [1.165, 1.54) is 56.1 Å². The molecule has 0 heterocycles. The summed E-state index contributed by atoms with van der Waals surface area (Å²) in [5.74, 6) is 3.17. The smallest absolute Gasteiger partial charge is 0.0594 e. The van der Waals surface area contributed by atoms with Crippen LogP contribution in [0.2, 0.25) is 0 Å². The maximum atomic E-state index is 10.6. The SMILES string of the molecule is CC(C)=CCC/C(C)=C/C/C=C(\C)[C@@H]1CC[C@H]2[C@H]3CC[C@H](O)C(C)(C)[C@@H]3CC[C@]12C. The van der Waals surface area contributed by atoms with Crippen molar-refractivity contribution in [2.45, 2.75) is 112 Å². The zero-order valence-electron chi connectivity index (χ0n) is 20.9. The number of hydrogen-bond donors (Lipinski definition) is 1. The van der Waals surface area contributed by atoms with Crippen molar-refractivity contribution in [3.05, 3.63) is 34.9 Å². The van der Waals surface area contributed by atoms with Crippen LogP contribution < -0.4 is 0 Å². The standard InChI is InChI=1S/C29H48O/c1-20(2)10-8-11-21(3)12-9-13-22(4)24-15-16-26-23-14-17-27(30)28(5,6)25(23)18-19-29(24,26)7/h10,12-13,23-27,30H,8-9,11,14-19H2,1-7H3/b21-12+,22-13+/t23-,24-,25+,26-,27-,29+/m0/s1. The molecule has 0 aromatic carbocycles. The zero-order chi connectivity index (χ0) is 22.1. The van der Waals surface area contributed by atoms with Gasteiger partial charge in [0.05, 0.1) is 6.10 Å². The van der Waals surface area contributed by atoms with E-state index in [1.54, 1.807) is 5.57 Å². The third-order valence-corrected chi connectivity index (χ3v) is 9.57. The maximum absolute atomic E-state index is 10.6. The van der Waals surface area contributed by atoms with Gasteiger partial charge in [-0.3, -0.25) is 0 Å². The van der Waals surface area contributed by atoms with Crippen LogP contribution >= 0.6 is 0 Å². The summed E-state index contributed by atoms with van der Waals surface area (Å²) in [4.78, 5) is 0. The van der Waals surface area contributed by atoms with Crippen LogP contribution in [0.15, 0.2) is 34.9 Å². The monoisotopic (exact) mass is 412 g/mol. The molecule has 30 heavy (non-hydrogen) atoms. The van der Waals surface area contributed by atoms with Crippen LogP contribution in [-0.2, 0) is 0 Å². The Morgan fingerprint density at radius 2 is 1.60 bits per heavy atom. The van der Waals surface area contributed by atoms with Crippen LogP contribution in [-0.4, -0.2) is 11.2 Å². The minimum Gasteiger partial charge on any atom is -0.393 e. The summed E-state index contributed by atoms with van der Waals surface area (Å²) in [6.45, 7) is 16.3. The molecule has 3 aliphatic rings. The van der Waals surface area contributed by atoms with Gasteiger partial charge < -0.3 is 5.11 Å². The molecule has 1 nitrogen and oxygen atoms in total. The van der Waals surface area contributed by atoms with Crippen molar-refractivity contribution in [3.8, 4) is 0 Å². The number of allylic oxidation sites excluding steroid dienone is 6. The molecule has 170 valence electrons. The molecule has 1 heteroatoms. The molecule has 0 spiro atoms. The Labute approximate surface area is 187 Å². The van der Waals surface area contributed by atoms with Gasteiger partial charge in [0.1, 0.15) is 0 Å². The summed E-state index contributed by atoms with van der Waals surface area (Å²) >= 11 is 0. The Morgan fingerprint density at radius 3 is 2.30 bits per heavy atom. The van der Waals surface area contributed by atoms with Gasteiger partial charge in [0, 0.05) is 0 Å². The lowest BCUT2D eigenvalue weighted by Crippen LogP contribution is -2.52. The van der Waals surface area contributed by atoms with E-state index in [0.29, 0.717) is 11.3 Å². The lowest BCUT2D eigenvalue weighted by molar-refractivity contribution is -0.116. The normalized spacial score (nSPS) is 38.7. The first-order valence-electron chi connectivity index (χ1n) is 12.7. The van der Waals surface area contributed by atoms with Gasteiger partial charge in [-0.05, 0) is 120 Å². The summed E-state index contributed by atoms with van der Waals surface area (Å²) in [5, 5.41) is 10.6. The van der Waals surface area contributed by atoms with Gasteiger partial charge in [0.2, 0.25) is 0 Å². The van der Waals surface area contributed by atoms with E-state index in [2.05, 4.69) is 66.7 Å². The molecule has 0 bridgehead atoms. The minimum absolute atomic E-state index is 0.0983. The lowest BCUT2D eigenvalue weighted by Gasteiger charge is -2.57. The summed E-state index contributed by atoms with van der Waals surface area (Å²) in [5.41, 5.74) is 5.16. The Kier molecular flexibility index (Phi) is 7.43. The molecule has 3 rings (SSSR count). The average Bonchev–Trinajstić information content (AvgIpc) is 3.01. The lowest BCUT2D eigenvalue weighted by atomic mass is 9.49. The summed E-state index contributed by atoms with van der Waals surface area (Å²) in [7, 11) is 0. The van der Waals surface area contributed by atoms with Gasteiger partial charge in [-0.25, -0.2) is 0 Å². The summed E-state index contributed by atoms with van der Waals surface area (Å²) in [6, 6.07) is 0. The first-order valence-corrected chi connectivity index (χ1v) is 12.7. The fourth-order valence-corrected chi connectivity index (χ4v) is 7.61. The molecule has 0 radical (unpaired) electrons. The van der Waals surface area contributed by atoms with Crippen LogP contribution in [0.25, 0.3) is 0 Å². The first kappa shape index (κ1) is 23.8. The van der Waals surface area contributed by atoms with E-state index < -0.39 is 0 Å². The summed E-state index contributed by atoms with van der Waals surface area (Å²) < 4.78 is 0. The van der Waals surface area contributed by atoms with Crippen LogP contribution in [0.4, 0.5) is 0 Å². The van der Waals surface area contributed by atoms with E-state index in [4.69, 9.17) is 0 Å². The Hall–Kier alpha value is -0.820. The van der Waals surface area contributed by atoms with E-state index >= 15 is 0 Å². The van der Waals surface area contributed by atoms with Crippen molar-refractivity contribution < 1.29 is 5.11 Å². The van der Waals surface area contributed by atoms with Crippen LogP contribution in [0, 0.1) is 34.5 Å². The second-order valence-electron chi connectivity index (χ2n) is 12.0. The third kappa shape index (κ3) is 4.67. The first-order chi connectivity index (χ1) is 14.1. The predicted octanol–water partition coefficient (Wildman–Crippen LogP) is 8.26. The largest absolute Gasteiger partial charge is 0.393 e. The second-order valence-corrected chi connectivity index (χ2v) is 12.0. The topological polar surface area (TPSA) is 20.2 Å². The van der Waals surface area contributed by atoms with Gasteiger partial charge in [0.15, 0.2) is 0 Å². The molecule has 0 aromatic heterocycles. The van der Waals surface area contributed by atoms with Crippen LogP contribution in [0.1, 0.15) is 106 Å². The van der Waals surface area contributed by atoms with Gasteiger partial charge in [-0.2, -0.15) is 0 Å². The van der Waals surface area contributed by atoms with Gasteiger partial charge in [0.25, 0.3) is 0 Å². The molecule has 6 atom stereocenters. The molecule has 0 aliphatic heterocycles. The van der Waals surface area contributed by atoms with Gasteiger partial charge >= 0.3 is 0 Å². The zero-order valence-corrected chi connectivity index (χ0v) is 20.9. The molecular formula is C29H48O. The number of hydrogen-bond acceptors (Lipinski definition) is 1. The second kappa shape index (κ2) is 9.35. The average molecular weight is 413 g/mol. The van der Waals surface area contributed by atoms with Crippen LogP contribution in [0.5, 0.6) is 0 Å². The van der Waals surface area contributed by atoms with Gasteiger partial charge in [-0.15, -0.1) is 0 Å². The van der Waals surface area contributed by atoms with E-state index in [-0.39, 0.29) is 11.5 Å². The molecule has 1 N–H and O–H groups in total. The fraction of sp³-hybridized carbons (Fsp3) is 0.793. The van der Waals surface area contributed by atoms with Crippen molar-refractivity contribution >= 4 is 0 Å². The highest BCUT2D eigenvalue weighted by molar-refractivity contribution is 5.18. The fourth-order valence-electron chi connectivity index (χ4n) is 7.61. The Bertz CT molecular complexity index is 689. The molecular weight excluding hydrogens is 364 g/mol. The van der Waals surface area contributed by atoms with E-state index in [1.807, 2.05) is 0 Å². The highest BCUT2D eigenvalue weighted by Gasteiger charge is 2.58. The number of rotatable bonds is 6. The van der Waals surface area contributed by atoms with Crippen molar-refractivity contribution in [3.63, 3.8) is 0 Å². The van der Waals surface area contributed by atoms with Crippen molar-refractivity contribution in [1.29, 1.82) is 0 Å². The van der Waals surface area contributed by atoms with Crippen molar-refractivity contribution in [1.82, 2.24) is 0 Å². The number of aliphatic hydroxyl groups is 1. The maximum Gasteiger partial charge on any atom is 0.0594 e. The van der Waals surface area contributed by atoms with E-state index in [9.17, 15) is 5.11 Å². The molecule has 0 aromatic rings. The Morgan fingerprint density at radius 1 is 0.867 bits per heavy atom. The van der Waals surface area contributed by atoms with Crippen LogP contribution in [0.3, 0.4) is 0 Å². The highest BCUT2D eigenvalue weighted by Crippen LogP contribution is 2.65. The quantitative estimate of drug-likeness (QED) is 0.435. The summed E-state index contributed by atoms with van der Waals surface area (Å²) in [6.07, 6.45) is 18.4. The van der Waals surface area contributed by atoms with Gasteiger partial charge in [-0.1, -0.05) is 55.7 Å². The number of aliphatic hydroxyl groups excluding tert-OH is 1. The Balaban J connectivity index is 1.65. The predicted molar refractivity (Wildman–Crippen MR) is 130 cm³/mol. The minimum atomic E-state index is -0.103. The van der Waals surface area contributed by atoms with Crippen molar-refractivity contribution in [2.24, 2.45) is 34.5 Å².